The van der Waals surface area contributed by atoms with E-state index in [0.29, 0.717) is 36.8 Å². The molecule has 4 rings (SSSR count). The second-order valence-electron chi connectivity index (χ2n) is 8.30. The minimum absolute atomic E-state index is 0.00596. The standard InChI is InChI=1S/C25H28N4O4S2/c1-19(20-6-4-3-5-7-20)26-24-18-21(8-13-25(24)29(30)31)27-14-16-28(17-15-27)35(32,33)23-11-9-22(34-2)10-12-23/h3-13,18-19,26H,14-17H2,1-2H3/t19-/m1/s1. The largest absolute Gasteiger partial charge is 0.373 e. The third-order valence-electron chi connectivity index (χ3n) is 6.15. The summed E-state index contributed by atoms with van der Waals surface area (Å²) in [6.45, 7) is 3.63. The van der Waals surface area contributed by atoms with Crippen LogP contribution >= 0.6 is 11.8 Å². The zero-order chi connectivity index (χ0) is 25.0. The maximum Gasteiger partial charge on any atom is 0.292 e. The van der Waals surface area contributed by atoms with Crippen molar-refractivity contribution < 1.29 is 13.3 Å². The van der Waals surface area contributed by atoms with Crippen LogP contribution in [-0.2, 0) is 10.0 Å². The quantitative estimate of drug-likeness (QED) is 0.258. The first-order chi connectivity index (χ1) is 16.8. The van der Waals surface area contributed by atoms with Gasteiger partial charge in [-0.1, -0.05) is 30.3 Å². The lowest BCUT2D eigenvalue weighted by Crippen LogP contribution is -2.48. The van der Waals surface area contributed by atoms with Crippen LogP contribution in [0.2, 0.25) is 0 Å². The van der Waals surface area contributed by atoms with Gasteiger partial charge in [0.05, 0.1) is 9.82 Å². The fourth-order valence-electron chi connectivity index (χ4n) is 4.14. The molecule has 0 aliphatic carbocycles. The van der Waals surface area contributed by atoms with Crippen LogP contribution in [0.3, 0.4) is 0 Å². The van der Waals surface area contributed by atoms with Crippen molar-refractivity contribution in [2.24, 2.45) is 0 Å². The second-order valence-corrected chi connectivity index (χ2v) is 11.1. The predicted octanol–water partition coefficient (Wildman–Crippen LogP) is 5.00. The summed E-state index contributed by atoms with van der Waals surface area (Å²) in [4.78, 5) is 14.6. The molecule has 1 saturated heterocycles. The molecule has 1 aliphatic heterocycles. The molecule has 0 aromatic heterocycles. The summed E-state index contributed by atoms with van der Waals surface area (Å²) in [5.41, 5.74) is 2.29. The minimum atomic E-state index is -3.57. The lowest BCUT2D eigenvalue weighted by atomic mass is 10.1. The van der Waals surface area contributed by atoms with Gasteiger partial charge in [-0.15, -0.1) is 11.8 Å². The van der Waals surface area contributed by atoms with E-state index >= 15 is 0 Å². The molecular formula is C25H28N4O4S2. The van der Waals surface area contributed by atoms with Crippen LogP contribution in [0.25, 0.3) is 0 Å². The number of thioether (sulfide) groups is 1. The van der Waals surface area contributed by atoms with Gasteiger partial charge < -0.3 is 10.2 Å². The number of nitro benzene ring substituents is 1. The van der Waals surface area contributed by atoms with Gasteiger partial charge in [-0.3, -0.25) is 10.1 Å². The van der Waals surface area contributed by atoms with Gasteiger partial charge in [0.1, 0.15) is 5.69 Å². The third-order valence-corrected chi connectivity index (χ3v) is 8.81. The van der Waals surface area contributed by atoms with Crippen molar-refractivity contribution in [3.05, 3.63) is 88.5 Å². The summed E-state index contributed by atoms with van der Waals surface area (Å²) in [5, 5.41) is 14.9. The fourth-order valence-corrected chi connectivity index (χ4v) is 5.97. The highest BCUT2D eigenvalue weighted by molar-refractivity contribution is 7.98. The molecule has 1 fully saturated rings. The van der Waals surface area contributed by atoms with E-state index in [2.05, 4.69) is 10.2 Å². The maximum atomic E-state index is 13.1. The Morgan fingerprint density at radius 2 is 1.63 bits per heavy atom. The van der Waals surface area contributed by atoms with E-state index in [1.807, 2.05) is 55.6 Å². The number of benzene rings is 3. The molecule has 8 nitrogen and oxygen atoms in total. The topological polar surface area (TPSA) is 95.8 Å². The molecule has 1 atom stereocenters. The molecule has 1 N–H and O–H groups in total. The molecule has 0 unspecified atom stereocenters. The van der Waals surface area contributed by atoms with Crippen molar-refractivity contribution in [1.29, 1.82) is 0 Å². The zero-order valence-corrected chi connectivity index (χ0v) is 21.3. The Morgan fingerprint density at radius 1 is 0.971 bits per heavy atom. The maximum absolute atomic E-state index is 13.1. The van der Waals surface area contributed by atoms with Gasteiger partial charge in [0.2, 0.25) is 10.0 Å². The monoisotopic (exact) mass is 512 g/mol. The number of nitrogens with one attached hydrogen (secondary N) is 1. The fraction of sp³-hybridized carbons (Fsp3) is 0.280. The lowest BCUT2D eigenvalue weighted by molar-refractivity contribution is -0.384. The lowest BCUT2D eigenvalue weighted by Gasteiger charge is -2.35. The minimum Gasteiger partial charge on any atom is -0.373 e. The third kappa shape index (κ3) is 5.61. The Labute approximate surface area is 210 Å². The summed E-state index contributed by atoms with van der Waals surface area (Å²) >= 11 is 1.57. The van der Waals surface area contributed by atoms with Gasteiger partial charge in [0.25, 0.3) is 5.69 Å². The van der Waals surface area contributed by atoms with Crippen molar-refractivity contribution in [3.63, 3.8) is 0 Å². The number of nitrogens with zero attached hydrogens (tertiary/aromatic N) is 3. The van der Waals surface area contributed by atoms with Crippen molar-refractivity contribution in [2.45, 2.75) is 22.8 Å². The first-order valence-electron chi connectivity index (χ1n) is 11.3. The number of hydrogen-bond acceptors (Lipinski definition) is 7. The summed E-state index contributed by atoms with van der Waals surface area (Å²) in [5.74, 6) is 0. The number of sulfonamides is 1. The van der Waals surface area contributed by atoms with Gasteiger partial charge in [0, 0.05) is 48.9 Å². The summed E-state index contributed by atoms with van der Waals surface area (Å²) in [6.07, 6.45) is 1.95. The van der Waals surface area contributed by atoms with Crippen molar-refractivity contribution in [1.82, 2.24) is 4.31 Å². The van der Waals surface area contributed by atoms with E-state index in [9.17, 15) is 18.5 Å². The van der Waals surface area contributed by atoms with Crippen molar-refractivity contribution in [3.8, 4) is 0 Å². The Bertz CT molecular complexity index is 1280. The number of piperazine rings is 1. The molecule has 0 spiro atoms. The molecule has 3 aromatic rings. The summed E-state index contributed by atoms with van der Waals surface area (Å²) in [6, 6.07) is 21.6. The number of hydrogen-bond donors (Lipinski definition) is 1. The number of nitro groups is 1. The van der Waals surface area contributed by atoms with Crippen LogP contribution in [0, 0.1) is 10.1 Å². The molecule has 0 saturated carbocycles. The van der Waals surface area contributed by atoms with Crippen LogP contribution in [0.1, 0.15) is 18.5 Å². The smallest absolute Gasteiger partial charge is 0.292 e. The predicted molar refractivity (Wildman–Crippen MR) is 141 cm³/mol. The van der Waals surface area contributed by atoms with Crippen LogP contribution in [-0.4, -0.2) is 50.1 Å². The van der Waals surface area contributed by atoms with Crippen molar-refractivity contribution in [2.75, 3.05) is 42.7 Å². The molecule has 184 valence electrons. The van der Waals surface area contributed by atoms with Gasteiger partial charge in [-0.25, -0.2) is 8.42 Å². The molecule has 0 bridgehead atoms. The summed E-state index contributed by atoms with van der Waals surface area (Å²) < 4.78 is 27.7. The van der Waals surface area contributed by atoms with Crippen LogP contribution in [0.5, 0.6) is 0 Å². The molecule has 1 aliphatic rings. The number of anilines is 2. The Morgan fingerprint density at radius 3 is 2.23 bits per heavy atom. The molecule has 1 heterocycles. The Kier molecular flexibility index (Phi) is 7.63. The Hall–Kier alpha value is -3.08. The van der Waals surface area contributed by atoms with Gasteiger partial charge >= 0.3 is 0 Å². The van der Waals surface area contributed by atoms with E-state index in [1.54, 1.807) is 36.0 Å². The molecular weight excluding hydrogens is 484 g/mol. The first kappa shape index (κ1) is 25.0. The van der Waals surface area contributed by atoms with E-state index in [4.69, 9.17) is 0 Å². The van der Waals surface area contributed by atoms with Gasteiger partial charge in [-0.2, -0.15) is 4.31 Å². The van der Waals surface area contributed by atoms with Gasteiger partial charge in [-0.05, 0) is 55.1 Å². The molecule has 0 amide bonds. The highest BCUT2D eigenvalue weighted by Crippen LogP contribution is 2.33. The second kappa shape index (κ2) is 10.7. The van der Waals surface area contributed by atoms with E-state index in [-0.39, 0.29) is 11.7 Å². The SMILES string of the molecule is CSc1ccc(S(=O)(=O)N2CCN(c3ccc([N+](=O)[O-])c(N[C@H](C)c4ccccc4)c3)CC2)cc1. The molecule has 10 heteroatoms. The first-order valence-corrected chi connectivity index (χ1v) is 13.9. The molecule has 0 radical (unpaired) electrons. The van der Waals surface area contributed by atoms with Crippen LogP contribution in [0.4, 0.5) is 17.1 Å². The molecule has 3 aromatic carbocycles. The van der Waals surface area contributed by atoms with Crippen LogP contribution < -0.4 is 10.2 Å². The average molecular weight is 513 g/mol. The summed E-state index contributed by atoms with van der Waals surface area (Å²) in [7, 11) is -3.57. The number of rotatable bonds is 8. The zero-order valence-electron chi connectivity index (χ0n) is 19.6. The van der Waals surface area contributed by atoms with Crippen molar-refractivity contribution >= 4 is 38.8 Å². The average Bonchev–Trinajstić information content (AvgIpc) is 2.89. The Balaban J connectivity index is 1.49. The van der Waals surface area contributed by atoms with E-state index in [0.717, 1.165) is 16.1 Å². The van der Waals surface area contributed by atoms with E-state index < -0.39 is 14.9 Å². The van der Waals surface area contributed by atoms with Gasteiger partial charge in [0.15, 0.2) is 0 Å². The normalized spacial score (nSPS) is 15.5. The molecule has 35 heavy (non-hydrogen) atoms. The highest BCUT2D eigenvalue weighted by Gasteiger charge is 2.29. The highest BCUT2D eigenvalue weighted by atomic mass is 32.2. The van der Waals surface area contributed by atoms with Crippen LogP contribution in [0.15, 0.2) is 82.6 Å². The van der Waals surface area contributed by atoms with E-state index in [1.165, 1.54) is 10.4 Å².